The van der Waals surface area contributed by atoms with Gasteiger partial charge in [0.05, 0.1) is 13.2 Å². The summed E-state index contributed by atoms with van der Waals surface area (Å²) >= 11 is 3.47. The second-order valence-corrected chi connectivity index (χ2v) is 6.30. The van der Waals surface area contributed by atoms with Crippen LogP contribution in [0.25, 0.3) is 0 Å². The van der Waals surface area contributed by atoms with Crippen molar-refractivity contribution in [3.8, 4) is 0 Å². The van der Waals surface area contributed by atoms with Gasteiger partial charge in [0.2, 0.25) is 0 Å². The quantitative estimate of drug-likeness (QED) is 0.896. The summed E-state index contributed by atoms with van der Waals surface area (Å²) in [5.41, 5.74) is 2.06. The summed E-state index contributed by atoms with van der Waals surface area (Å²) in [6.07, 6.45) is 3.38. The highest BCUT2D eigenvalue weighted by Crippen LogP contribution is 2.24. The molecule has 120 valence electrons. The van der Waals surface area contributed by atoms with Gasteiger partial charge in [-0.3, -0.25) is 4.98 Å². The largest absolute Gasteiger partial charge is 0.370 e. The minimum absolute atomic E-state index is 0.0721. The van der Waals surface area contributed by atoms with Crippen LogP contribution in [0.2, 0.25) is 0 Å². The molecule has 1 N–H and O–H groups in total. The normalized spacial score (nSPS) is 17.8. The molecule has 3 rings (SSSR count). The van der Waals surface area contributed by atoms with Gasteiger partial charge in [-0.15, -0.1) is 0 Å². The lowest BCUT2D eigenvalue weighted by Crippen LogP contribution is -2.46. The molecule has 1 aromatic carbocycles. The third-order valence-corrected chi connectivity index (χ3v) is 4.23. The summed E-state index contributed by atoms with van der Waals surface area (Å²) in [6, 6.07) is 11.7. The number of rotatable bonds is 3. The first-order valence-electron chi connectivity index (χ1n) is 7.51. The number of morpholine rings is 1. The van der Waals surface area contributed by atoms with E-state index < -0.39 is 0 Å². The molecule has 1 saturated heterocycles. The third kappa shape index (κ3) is 4.30. The highest BCUT2D eigenvalue weighted by molar-refractivity contribution is 9.10. The van der Waals surface area contributed by atoms with Crippen molar-refractivity contribution in [1.29, 1.82) is 0 Å². The Labute approximate surface area is 143 Å². The number of hydrogen-bond acceptors (Lipinski definition) is 3. The first-order chi connectivity index (χ1) is 11.2. The number of aromatic nitrogens is 1. The summed E-state index contributed by atoms with van der Waals surface area (Å²) in [4.78, 5) is 18.2. The number of carbonyl (C=O) groups excluding carboxylic acids is 1. The lowest BCUT2D eigenvalue weighted by molar-refractivity contribution is -0.0155. The van der Waals surface area contributed by atoms with E-state index in [0.717, 1.165) is 15.6 Å². The summed E-state index contributed by atoms with van der Waals surface area (Å²) in [6.45, 7) is 2.17. The van der Waals surface area contributed by atoms with E-state index in [1.54, 1.807) is 17.3 Å². The molecule has 0 saturated carbocycles. The lowest BCUT2D eigenvalue weighted by Gasteiger charge is -2.33. The van der Waals surface area contributed by atoms with Crippen molar-refractivity contribution in [3.63, 3.8) is 0 Å². The van der Waals surface area contributed by atoms with Gasteiger partial charge in [0.25, 0.3) is 0 Å². The van der Waals surface area contributed by atoms with Gasteiger partial charge in [-0.25, -0.2) is 4.79 Å². The zero-order valence-corrected chi connectivity index (χ0v) is 14.2. The predicted molar refractivity (Wildman–Crippen MR) is 90.9 cm³/mol. The highest BCUT2D eigenvalue weighted by atomic mass is 79.9. The number of benzene rings is 1. The zero-order chi connectivity index (χ0) is 16.1. The standard InChI is InChI=1S/C17H18BrN3O2/c18-15-5-1-4-14(9-15)16-12-21(7-8-23-16)17(22)20-11-13-3-2-6-19-10-13/h1-6,9-10,16H,7-8,11-12H2,(H,20,22)/t16-/m1/s1. The molecule has 1 aromatic heterocycles. The maximum atomic E-state index is 12.3. The summed E-state index contributed by atoms with van der Waals surface area (Å²) in [5, 5.41) is 2.93. The van der Waals surface area contributed by atoms with Gasteiger partial charge in [0, 0.05) is 30.0 Å². The fraction of sp³-hybridized carbons (Fsp3) is 0.294. The van der Waals surface area contributed by atoms with Gasteiger partial charge in [0.15, 0.2) is 0 Å². The molecule has 1 atom stereocenters. The van der Waals surface area contributed by atoms with Crippen LogP contribution in [0, 0.1) is 0 Å². The molecule has 0 unspecified atom stereocenters. The number of urea groups is 1. The van der Waals surface area contributed by atoms with Crippen molar-refractivity contribution in [1.82, 2.24) is 15.2 Å². The molecule has 0 aliphatic carbocycles. The Hall–Kier alpha value is -1.92. The van der Waals surface area contributed by atoms with Crippen molar-refractivity contribution in [2.24, 2.45) is 0 Å². The maximum absolute atomic E-state index is 12.3. The topological polar surface area (TPSA) is 54.5 Å². The Balaban J connectivity index is 1.58. The Morgan fingerprint density at radius 1 is 1.39 bits per heavy atom. The molecule has 5 nitrogen and oxygen atoms in total. The van der Waals surface area contributed by atoms with Crippen molar-refractivity contribution in [3.05, 3.63) is 64.4 Å². The predicted octanol–water partition coefficient (Wildman–Crippen LogP) is 3.13. The van der Waals surface area contributed by atoms with Crippen LogP contribution >= 0.6 is 15.9 Å². The second kappa shape index (κ2) is 7.57. The van der Waals surface area contributed by atoms with Crippen LogP contribution in [0.5, 0.6) is 0 Å². The minimum Gasteiger partial charge on any atom is -0.370 e. The maximum Gasteiger partial charge on any atom is 0.317 e. The molecule has 1 aliphatic rings. The van der Waals surface area contributed by atoms with Gasteiger partial charge in [-0.05, 0) is 29.3 Å². The van der Waals surface area contributed by atoms with E-state index in [4.69, 9.17) is 4.74 Å². The number of nitrogens with one attached hydrogen (secondary N) is 1. The van der Waals surface area contributed by atoms with E-state index >= 15 is 0 Å². The number of nitrogens with zero attached hydrogens (tertiary/aromatic N) is 2. The van der Waals surface area contributed by atoms with E-state index in [9.17, 15) is 4.79 Å². The highest BCUT2D eigenvalue weighted by Gasteiger charge is 2.25. The molecule has 0 radical (unpaired) electrons. The van der Waals surface area contributed by atoms with Crippen molar-refractivity contribution in [2.75, 3.05) is 19.7 Å². The SMILES string of the molecule is O=C(NCc1cccnc1)N1CCO[C@@H](c2cccc(Br)c2)C1. The molecule has 0 spiro atoms. The Morgan fingerprint density at radius 3 is 3.09 bits per heavy atom. The van der Waals surface area contributed by atoms with Gasteiger partial charge in [-0.1, -0.05) is 34.1 Å². The van der Waals surface area contributed by atoms with E-state index in [-0.39, 0.29) is 12.1 Å². The molecule has 6 heteroatoms. The van der Waals surface area contributed by atoms with Crippen LogP contribution in [0.15, 0.2) is 53.3 Å². The summed E-state index contributed by atoms with van der Waals surface area (Å²) in [7, 11) is 0. The molecule has 1 fully saturated rings. The third-order valence-electron chi connectivity index (χ3n) is 3.74. The van der Waals surface area contributed by atoms with Crippen LogP contribution in [-0.2, 0) is 11.3 Å². The molecule has 2 heterocycles. The van der Waals surface area contributed by atoms with E-state index in [0.29, 0.717) is 26.2 Å². The van der Waals surface area contributed by atoms with Crippen LogP contribution in [0.4, 0.5) is 4.79 Å². The van der Waals surface area contributed by atoms with Crippen molar-refractivity contribution in [2.45, 2.75) is 12.6 Å². The Kier molecular flexibility index (Phi) is 5.25. The van der Waals surface area contributed by atoms with Crippen LogP contribution < -0.4 is 5.32 Å². The van der Waals surface area contributed by atoms with Crippen LogP contribution in [0.1, 0.15) is 17.2 Å². The van der Waals surface area contributed by atoms with E-state index in [1.807, 2.05) is 36.4 Å². The van der Waals surface area contributed by atoms with Crippen molar-refractivity contribution >= 4 is 22.0 Å². The average Bonchev–Trinajstić information content (AvgIpc) is 2.61. The summed E-state index contributed by atoms with van der Waals surface area (Å²) in [5.74, 6) is 0. The Morgan fingerprint density at radius 2 is 2.30 bits per heavy atom. The smallest absolute Gasteiger partial charge is 0.317 e. The number of amides is 2. The first-order valence-corrected chi connectivity index (χ1v) is 8.30. The molecule has 2 aromatic rings. The number of hydrogen-bond donors (Lipinski definition) is 1. The first kappa shape index (κ1) is 16.0. The molecule has 23 heavy (non-hydrogen) atoms. The lowest BCUT2D eigenvalue weighted by atomic mass is 10.1. The molecular formula is C17H18BrN3O2. The minimum atomic E-state index is -0.0922. The fourth-order valence-electron chi connectivity index (χ4n) is 2.53. The second-order valence-electron chi connectivity index (χ2n) is 5.38. The number of carbonyl (C=O) groups is 1. The van der Waals surface area contributed by atoms with E-state index in [1.165, 1.54) is 0 Å². The molecular weight excluding hydrogens is 358 g/mol. The van der Waals surface area contributed by atoms with Crippen LogP contribution in [0.3, 0.4) is 0 Å². The van der Waals surface area contributed by atoms with Crippen LogP contribution in [-0.4, -0.2) is 35.6 Å². The van der Waals surface area contributed by atoms with Crippen molar-refractivity contribution < 1.29 is 9.53 Å². The molecule has 1 aliphatic heterocycles. The number of halogens is 1. The monoisotopic (exact) mass is 375 g/mol. The number of ether oxygens (including phenoxy) is 1. The molecule has 2 amide bonds. The van der Waals surface area contributed by atoms with Gasteiger partial charge in [0.1, 0.15) is 6.10 Å². The average molecular weight is 376 g/mol. The Bertz CT molecular complexity index is 666. The zero-order valence-electron chi connectivity index (χ0n) is 12.6. The fourth-order valence-corrected chi connectivity index (χ4v) is 2.95. The number of pyridine rings is 1. The van der Waals surface area contributed by atoms with Gasteiger partial charge < -0.3 is 15.0 Å². The molecule has 0 bridgehead atoms. The van der Waals surface area contributed by atoms with Gasteiger partial charge in [-0.2, -0.15) is 0 Å². The van der Waals surface area contributed by atoms with Gasteiger partial charge >= 0.3 is 6.03 Å². The summed E-state index contributed by atoms with van der Waals surface area (Å²) < 4.78 is 6.82. The van der Waals surface area contributed by atoms with E-state index in [2.05, 4.69) is 26.2 Å².